The third kappa shape index (κ3) is 4.20. The molecule has 0 atom stereocenters. The van der Waals surface area contributed by atoms with Gasteiger partial charge in [-0.1, -0.05) is 29.8 Å². The number of carbonyl (C=O) groups excluding carboxylic acids is 1. The number of para-hydroxylation sites is 2. The normalized spacial score (nSPS) is 10.8. The average molecular weight is 435 g/mol. The molecule has 0 bridgehead atoms. The van der Waals surface area contributed by atoms with Crippen molar-refractivity contribution in [3.63, 3.8) is 0 Å². The summed E-state index contributed by atoms with van der Waals surface area (Å²) >= 11 is 11.7. The van der Waals surface area contributed by atoms with Gasteiger partial charge in [0.15, 0.2) is 5.11 Å². The summed E-state index contributed by atoms with van der Waals surface area (Å²) in [5.41, 5.74) is 5.98. The number of hydrogen-bond donors (Lipinski definition) is 3. The van der Waals surface area contributed by atoms with Gasteiger partial charge >= 0.3 is 0 Å². The Morgan fingerprint density at radius 2 is 1.83 bits per heavy atom. The highest BCUT2D eigenvalue weighted by molar-refractivity contribution is 7.80. The Balaban J connectivity index is 1.52. The molecule has 0 aliphatic rings. The lowest BCUT2D eigenvalue weighted by molar-refractivity contribution is 0.0977. The van der Waals surface area contributed by atoms with Crippen LogP contribution in [0.25, 0.3) is 22.4 Å². The van der Waals surface area contributed by atoms with E-state index in [0.717, 1.165) is 33.5 Å². The molecular formula is C23H19ClN4OS. The summed E-state index contributed by atoms with van der Waals surface area (Å²) in [4.78, 5) is 20.4. The van der Waals surface area contributed by atoms with Crippen LogP contribution >= 0.6 is 23.8 Å². The van der Waals surface area contributed by atoms with Crippen LogP contribution in [0.2, 0.25) is 5.02 Å². The molecule has 3 N–H and O–H groups in total. The minimum absolute atomic E-state index is 0.168. The first-order valence-electron chi connectivity index (χ1n) is 9.35. The van der Waals surface area contributed by atoms with Crippen molar-refractivity contribution in [2.75, 3.05) is 5.32 Å². The van der Waals surface area contributed by atoms with Crippen molar-refractivity contribution in [1.82, 2.24) is 15.3 Å². The third-order valence-electron chi connectivity index (χ3n) is 4.87. The van der Waals surface area contributed by atoms with E-state index in [0.29, 0.717) is 16.3 Å². The number of halogens is 1. The highest BCUT2D eigenvalue weighted by atomic mass is 35.5. The van der Waals surface area contributed by atoms with Crippen molar-refractivity contribution in [2.45, 2.75) is 13.8 Å². The molecule has 1 heterocycles. The number of anilines is 1. The lowest BCUT2D eigenvalue weighted by Crippen LogP contribution is -2.34. The van der Waals surface area contributed by atoms with Crippen molar-refractivity contribution in [3.8, 4) is 11.4 Å². The molecule has 4 rings (SSSR count). The Hall–Kier alpha value is -3.22. The molecular weight excluding hydrogens is 416 g/mol. The summed E-state index contributed by atoms with van der Waals surface area (Å²) in [6.07, 6.45) is 0. The Kier molecular flexibility index (Phi) is 5.53. The number of nitrogens with zero attached hydrogens (tertiary/aromatic N) is 1. The van der Waals surface area contributed by atoms with Gasteiger partial charge in [0.2, 0.25) is 0 Å². The molecule has 0 radical (unpaired) electrons. The minimum atomic E-state index is -0.278. The molecule has 0 spiro atoms. The molecule has 0 fully saturated rings. The lowest BCUT2D eigenvalue weighted by Gasteiger charge is -2.12. The van der Waals surface area contributed by atoms with Crippen LogP contribution in [0.5, 0.6) is 0 Å². The second kappa shape index (κ2) is 8.26. The summed E-state index contributed by atoms with van der Waals surface area (Å²) in [5, 5.41) is 6.36. The van der Waals surface area contributed by atoms with Crippen molar-refractivity contribution in [2.24, 2.45) is 0 Å². The van der Waals surface area contributed by atoms with E-state index in [-0.39, 0.29) is 11.0 Å². The van der Waals surface area contributed by atoms with Crippen LogP contribution in [0.15, 0.2) is 60.7 Å². The summed E-state index contributed by atoms with van der Waals surface area (Å²) < 4.78 is 0. The Morgan fingerprint density at radius 3 is 2.60 bits per heavy atom. The zero-order valence-electron chi connectivity index (χ0n) is 16.4. The number of nitrogens with one attached hydrogen (secondary N) is 3. The van der Waals surface area contributed by atoms with Crippen LogP contribution < -0.4 is 10.6 Å². The van der Waals surface area contributed by atoms with E-state index in [1.54, 1.807) is 12.1 Å². The number of aromatic amines is 1. The summed E-state index contributed by atoms with van der Waals surface area (Å²) in [6.45, 7) is 3.96. The zero-order chi connectivity index (χ0) is 21.3. The highest BCUT2D eigenvalue weighted by Crippen LogP contribution is 2.28. The molecule has 30 heavy (non-hydrogen) atoms. The topological polar surface area (TPSA) is 69.8 Å². The van der Waals surface area contributed by atoms with Gasteiger partial charge in [-0.2, -0.15) is 0 Å². The van der Waals surface area contributed by atoms with E-state index in [4.69, 9.17) is 23.8 Å². The zero-order valence-corrected chi connectivity index (χ0v) is 18.0. The number of imidazole rings is 1. The number of aryl methyl sites for hydroxylation is 2. The molecule has 1 amide bonds. The molecule has 4 aromatic rings. The molecule has 150 valence electrons. The van der Waals surface area contributed by atoms with Gasteiger partial charge in [0.25, 0.3) is 5.91 Å². The van der Waals surface area contributed by atoms with E-state index >= 15 is 0 Å². The lowest BCUT2D eigenvalue weighted by atomic mass is 10.1. The third-order valence-corrected chi connectivity index (χ3v) is 5.41. The SMILES string of the molecule is Cc1ccc(C(=O)NC(=S)Nc2cc(-c3nc4ccccc4[nH]3)ccc2Cl)cc1C. The predicted octanol–water partition coefficient (Wildman–Crippen LogP) is 5.63. The molecule has 7 heteroatoms. The fraction of sp³-hybridized carbons (Fsp3) is 0.0870. The molecule has 0 aliphatic carbocycles. The Bertz CT molecular complexity index is 1250. The number of amides is 1. The molecule has 0 unspecified atom stereocenters. The number of H-pyrrole nitrogens is 1. The van der Waals surface area contributed by atoms with Crippen molar-refractivity contribution in [3.05, 3.63) is 82.4 Å². The predicted molar refractivity (Wildman–Crippen MR) is 126 cm³/mol. The average Bonchev–Trinajstić information content (AvgIpc) is 3.16. The number of aromatic nitrogens is 2. The standard InChI is InChI=1S/C23H19ClN4OS/c1-13-7-8-16(11-14(13)2)22(29)28-23(30)27-20-12-15(9-10-17(20)24)21-25-18-5-3-4-6-19(18)26-21/h3-12H,1-2H3,(H,25,26)(H2,27,28,29,30). The van der Waals surface area contributed by atoms with Crippen LogP contribution in [0.4, 0.5) is 5.69 Å². The van der Waals surface area contributed by atoms with Crippen LogP contribution in [0.1, 0.15) is 21.5 Å². The first-order chi connectivity index (χ1) is 14.4. The van der Waals surface area contributed by atoms with Crippen LogP contribution in [0, 0.1) is 13.8 Å². The molecule has 0 saturated heterocycles. The van der Waals surface area contributed by atoms with Gasteiger partial charge in [-0.25, -0.2) is 4.98 Å². The first-order valence-corrected chi connectivity index (χ1v) is 10.1. The van der Waals surface area contributed by atoms with Gasteiger partial charge in [-0.15, -0.1) is 0 Å². The fourth-order valence-corrected chi connectivity index (χ4v) is 3.44. The second-order valence-corrected chi connectivity index (χ2v) is 7.82. The number of hydrogen-bond acceptors (Lipinski definition) is 3. The summed E-state index contributed by atoms with van der Waals surface area (Å²) in [5.74, 6) is 0.446. The Morgan fingerprint density at radius 1 is 1.03 bits per heavy atom. The fourth-order valence-electron chi connectivity index (χ4n) is 3.07. The molecule has 0 saturated carbocycles. The minimum Gasteiger partial charge on any atom is -0.338 e. The molecule has 3 aromatic carbocycles. The van der Waals surface area contributed by atoms with E-state index < -0.39 is 0 Å². The van der Waals surface area contributed by atoms with Gasteiger partial charge in [0.1, 0.15) is 5.82 Å². The van der Waals surface area contributed by atoms with Crippen molar-refractivity contribution < 1.29 is 4.79 Å². The number of carbonyl (C=O) groups is 1. The number of fused-ring (bicyclic) bond motifs is 1. The monoisotopic (exact) mass is 434 g/mol. The largest absolute Gasteiger partial charge is 0.338 e. The van der Waals surface area contributed by atoms with Crippen LogP contribution in [-0.4, -0.2) is 21.0 Å². The second-order valence-electron chi connectivity index (χ2n) is 7.00. The maximum absolute atomic E-state index is 12.5. The van der Waals surface area contributed by atoms with Gasteiger partial charge < -0.3 is 10.3 Å². The van der Waals surface area contributed by atoms with Crippen molar-refractivity contribution >= 4 is 51.6 Å². The quantitative estimate of drug-likeness (QED) is 0.365. The summed E-state index contributed by atoms with van der Waals surface area (Å²) in [6, 6.07) is 18.8. The highest BCUT2D eigenvalue weighted by Gasteiger charge is 2.12. The van der Waals surface area contributed by atoms with Gasteiger partial charge in [0, 0.05) is 11.1 Å². The van der Waals surface area contributed by atoms with Gasteiger partial charge in [-0.3, -0.25) is 10.1 Å². The van der Waals surface area contributed by atoms with E-state index in [2.05, 4.69) is 20.6 Å². The molecule has 1 aromatic heterocycles. The van der Waals surface area contributed by atoms with Gasteiger partial charge in [0.05, 0.1) is 21.7 Å². The Labute approximate surface area is 184 Å². The molecule has 0 aliphatic heterocycles. The number of rotatable bonds is 3. The van der Waals surface area contributed by atoms with E-state index in [1.165, 1.54) is 0 Å². The van der Waals surface area contributed by atoms with E-state index in [9.17, 15) is 4.79 Å². The van der Waals surface area contributed by atoms with Crippen molar-refractivity contribution in [1.29, 1.82) is 0 Å². The maximum Gasteiger partial charge on any atom is 0.257 e. The first kappa shape index (κ1) is 20.1. The van der Waals surface area contributed by atoms with Crippen LogP contribution in [-0.2, 0) is 0 Å². The number of benzene rings is 3. The van der Waals surface area contributed by atoms with Gasteiger partial charge in [-0.05, 0) is 79.7 Å². The van der Waals surface area contributed by atoms with Crippen LogP contribution in [0.3, 0.4) is 0 Å². The number of thiocarbonyl (C=S) groups is 1. The molecule has 5 nitrogen and oxygen atoms in total. The summed E-state index contributed by atoms with van der Waals surface area (Å²) in [7, 11) is 0. The smallest absolute Gasteiger partial charge is 0.257 e. The van der Waals surface area contributed by atoms with E-state index in [1.807, 2.05) is 62.4 Å². The maximum atomic E-state index is 12.5.